The van der Waals surface area contributed by atoms with Gasteiger partial charge in [0.2, 0.25) is 0 Å². The Bertz CT molecular complexity index is 579. The van der Waals surface area contributed by atoms with Crippen molar-refractivity contribution >= 4 is 28.0 Å². The Morgan fingerprint density at radius 1 is 1.06 bits per heavy atom. The maximum atomic E-state index is 11.0. The van der Waals surface area contributed by atoms with Crippen molar-refractivity contribution in [2.24, 2.45) is 4.99 Å². The van der Waals surface area contributed by atoms with Crippen LogP contribution in [0.4, 0.5) is 5.69 Å². The fraction of sp³-hybridized carbons (Fsp3) is 0.200. The van der Waals surface area contributed by atoms with E-state index in [4.69, 9.17) is 0 Å². The lowest BCUT2D eigenvalue weighted by Gasteiger charge is -2.03. The maximum Gasteiger partial charge on any atom is 0.135 e. The molecule has 0 amide bonds. The van der Waals surface area contributed by atoms with Gasteiger partial charge in [-0.2, -0.15) is 0 Å². The van der Waals surface area contributed by atoms with Crippen molar-refractivity contribution < 1.29 is 4.79 Å². The van der Waals surface area contributed by atoms with E-state index in [9.17, 15) is 4.79 Å². The summed E-state index contributed by atoms with van der Waals surface area (Å²) in [4.78, 5) is 15.6. The number of rotatable bonds is 3. The van der Waals surface area contributed by atoms with E-state index in [1.807, 2.05) is 31.2 Å². The molecule has 2 heteroatoms. The van der Waals surface area contributed by atoms with Gasteiger partial charge in [-0.1, -0.05) is 36.4 Å². The van der Waals surface area contributed by atoms with Gasteiger partial charge in [-0.25, -0.2) is 0 Å². The summed E-state index contributed by atoms with van der Waals surface area (Å²) in [6.45, 7) is 3.48. The van der Waals surface area contributed by atoms with Crippen LogP contribution in [0.15, 0.2) is 47.5 Å². The molecule has 0 heterocycles. The molecule has 2 aromatic carbocycles. The van der Waals surface area contributed by atoms with Gasteiger partial charge in [-0.15, -0.1) is 0 Å². The van der Waals surface area contributed by atoms with Crippen molar-refractivity contribution in [3.8, 4) is 0 Å². The number of hydrogen-bond acceptors (Lipinski definition) is 2. The fourth-order valence-corrected chi connectivity index (χ4v) is 1.91. The zero-order valence-electron chi connectivity index (χ0n) is 10.1. The summed E-state index contributed by atoms with van der Waals surface area (Å²) in [7, 11) is 0. The monoisotopic (exact) mass is 225 g/mol. The zero-order chi connectivity index (χ0) is 12.3. The first-order valence-corrected chi connectivity index (χ1v) is 5.68. The van der Waals surface area contributed by atoms with Gasteiger partial charge < -0.3 is 0 Å². The first-order valence-electron chi connectivity index (χ1n) is 5.68. The van der Waals surface area contributed by atoms with Crippen molar-refractivity contribution in [3.05, 3.63) is 42.5 Å². The second-order valence-electron chi connectivity index (χ2n) is 4.22. The van der Waals surface area contributed by atoms with E-state index in [0.717, 1.165) is 16.8 Å². The molecule has 17 heavy (non-hydrogen) atoms. The summed E-state index contributed by atoms with van der Waals surface area (Å²) < 4.78 is 0. The van der Waals surface area contributed by atoms with E-state index in [0.29, 0.717) is 6.42 Å². The molecule has 0 fully saturated rings. The van der Waals surface area contributed by atoms with Crippen LogP contribution >= 0.6 is 0 Å². The number of benzene rings is 2. The minimum atomic E-state index is 0.145. The maximum absolute atomic E-state index is 11.0. The van der Waals surface area contributed by atoms with E-state index in [1.165, 1.54) is 5.39 Å². The zero-order valence-corrected chi connectivity index (χ0v) is 10.1. The molecule has 0 saturated heterocycles. The SMILES string of the molecule is CC(=O)CC(C)=Nc1cccc2ccccc12. The summed E-state index contributed by atoms with van der Waals surface area (Å²) in [6, 6.07) is 14.2. The number of hydrogen-bond donors (Lipinski definition) is 0. The Morgan fingerprint density at radius 3 is 2.53 bits per heavy atom. The van der Waals surface area contributed by atoms with Gasteiger partial charge in [-0.05, 0) is 25.3 Å². The number of fused-ring (bicyclic) bond motifs is 1. The highest BCUT2D eigenvalue weighted by atomic mass is 16.1. The second-order valence-corrected chi connectivity index (χ2v) is 4.22. The van der Waals surface area contributed by atoms with Gasteiger partial charge in [0.15, 0.2) is 0 Å². The van der Waals surface area contributed by atoms with Crippen LogP contribution in [-0.4, -0.2) is 11.5 Å². The minimum Gasteiger partial charge on any atom is -0.300 e. The minimum absolute atomic E-state index is 0.145. The number of nitrogens with zero attached hydrogens (tertiary/aromatic N) is 1. The Hall–Kier alpha value is -1.96. The molecule has 0 unspecified atom stereocenters. The predicted molar refractivity (Wildman–Crippen MR) is 72.0 cm³/mol. The second kappa shape index (κ2) is 4.91. The average Bonchev–Trinajstić information content (AvgIpc) is 2.28. The lowest BCUT2D eigenvalue weighted by molar-refractivity contribution is -0.115. The molecule has 0 aliphatic carbocycles. The molecule has 0 radical (unpaired) electrons. The molecular weight excluding hydrogens is 210 g/mol. The highest BCUT2D eigenvalue weighted by Gasteiger charge is 2.01. The predicted octanol–water partition coefficient (Wildman–Crippen LogP) is 3.91. The molecule has 2 aromatic rings. The highest BCUT2D eigenvalue weighted by molar-refractivity contribution is 6.03. The van der Waals surface area contributed by atoms with Gasteiger partial charge in [0.25, 0.3) is 0 Å². The molecule has 0 atom stereocenters. The van der Waals surface area contributed by atoms with Crippen LogP contribution < -0.4 is 0 Å². The van der Waals surface area contributed by atoms with Crippen LogP contribution in [0.5, 0.6) is 0 Å². The number of Topliss-reactive ketones (excluding diaryl/α,β-unsaturated/α-hetero) is 1. The number of aliphatic imine (C=N–C) groups is 1. The number of carbonyl (C=O) groups excluding carboxylic acids is 1. The van der Waals surface area contributed by atoms with Crippen LogP contribution in [0, 0.1) is 0 Å². The van der Waals surface area contributed by atoms with Gasteiger partial charge in [0, 0.05) is 17.5 Å². The molecule has 2 rings (SSSR count). The first-order chi connectivity index (χ1) is 8.16. The lowest BCUT2D eigenvalue weighted by atomic mass is 10.1. The van der Waals surface area contributed by atoms with Crippen LogP contribution in [0.3, 0.4) is 0 Å². The third kappa shape index (κ3) is 2.78. The van der Waals surface area contributed by atoms with Crippen molar-refractivity contribution in [1.82, 2.24) is 0 Å². The van der Waals surface area contributed by atoms with Gasteiger partial charge in [0.05, 0.1) is 5.69 Å². The molecule has 0 spiro atoms. The van der Waals surface area contributed by atoms with Gasteiger partial charge in [-0.3, -0.25) is 9.79 Å². The fourth-order valence-electron chi connectivity index (χ4n) is 1.91. The molecule has 0 N–H and O–H groups in total. The molecular formula is C15H15NO. The summed E-state index contributed by atoms with van der Waals surface area (Å²) in [5.74, 6) is 0.145. The standard InChI is InChI=1S/C15H15NO/c1-11(10-12(2)17)16-15-9-5-7-13-6-3-4-8-14(13)15/h3-9H,10H2,1-2H3. The van der Waals surface area contributed by atoms with E-state index >= 15 is 0 Å². The number of ketones is 1. The van der Waals surface area contributed by atoms with E-state index < -0.39 is 0 Å². The third-order valence-corrected chi connectivity index (χ3v) is 2.58. The highest BCUT2D eigenvalue weighted by Crippen LogP contribution is 2.25. The average molecular weight is 225 g/mol. The Balaban J connectivity index is 2.45. The first kappa shape index (κ1) is 11.5. The molecule has 0 aliphatic heterocycles. The smallest absolute Gasteiger partial charge is 0.135 e. The van der Waals surface area contributed by atoms with Crippen molar-refractivity contribution in [3.63, 3.8) is 0 Å². The molecule has 0 bridgehead atoms. The summed E-state index contributed by atoms with van der Waals surface area (Å²) in [5, 5.41) is 2.29. The third-order valence-electron chi connectivity index (χ3n) is 2.58. The van der Waals surface area contributed by atoms with Crippen LogP contribution in [0.1, 0.15) is 20.3 Å². The van der Waals surface area contributed by atoms with E-state index in [1.54, 1.807) is 6.92 Å². The topological polar surface area (TPSA) is 29.4 Å². The summed E-state index contributed by atoms with van der Waals surface area (Å²) in [6.07, 6.45) is 0.420. The van der Waals surface area contributed by atoms with Gasteiger partial charge >= 0.3 is 0 Å². The summed E-state index contributed by atoms with van der Waals surface area (Å²) >= 11 is 0. The van der Waals surface area contributed by atoms with Crippen LogP contribution in [0.2, 0.25) is 0 Å². The normalized spacial score (nSPS) is 11.8. The Kier molecular flexibility index (Phi) is 3.33. The number of carbonyl (C=O) groups is 1. The molecule has 86 valence electrons. The molecule has 0 aliphatic rings. The summed E-state index contributed by atoms with van der Waals surface area (Å²) in [5.41, 5.74) is 1.79. The Labute approximate surface area is 101 Å². The van der Waals surface area contributed by atoms with Crippen molar-refractivity contribution in [1.29, 1.82) is 0 Å². The quantitative estimate of drug-likeness (QED) is 0.728. The van der Waals surface area contributed by atoms with Crippen molar-refractivity contribution in [2.45, 2.75) is 20.3 Å². The van der Waals surface area contributed by atoms with Crippen molar-refractivity contribution in [2.75, 3.05) is 0 Å². The lowest BCUT2D eigenvalue weighted by Crippen LogP contribution is -1.99. The largest absolute Gasteiger partial charge is 0.300 e. The molecule has 2 nitrogen and oxygen atoms in total. The van der Waals surface area contributed by atoms with Crippen LogP contribution in [-0.2, 0) is 4.79 Å². The molecule has 0 aromatic heterocycles. The van der Waals surface area contributed by atoms with E-state index in [2.05, 4.69) is 23.2 Å². The molecule has 0 saturated carbocycles. The van der Waals surface area contributed by atoms with Gasteiger partial charge in [0.1, 0.15) is 5.78 Å². The Morgan fingerprint density at radius 2 is 1.76 bits per heavy atom. The van der Waals surface area contributed by atoms with E-state index in [-0.39, 0.29) is 5.78 Å². The van der Waals surface area contributed by atoms with Crippen LogP contribution in [0.25, 0.3) is 10.8 Å².